The lowest BCUT2D eigenvalue weighted by molar-refractivity contribution is 0.240. The molecule has 2 amide bonds. The highest BCUT2D eigenvalue weighted by Crippen LogP contribution is 2.12. The highest BCUT2D eigenvalue weighted by Gasteiger charge is 2.05. The van der Waals surface area contributed by atoms with Crippen LogP contribution in [-0.2, 0) is 19.4 Å². The molecule has 0 spiro atoms. The van der Waals surface area contributed by atoms with E-state index < -0.39 is 11.6 Å². The Morgan fingerprint density at radius 3 is 2.59 bits per heavy atom. The van der Waals surface area contributed by atoms with E-state index in [1.54, 1.807) is 17.5 Å². The predicted octanol–water partition coefficient (Wildman–Crippen LogP) is 3.03. The van der Waals surface area contributed by atoms with Gasteiger partial charge in [0.15, 0.2) is 0 Å². The molecule has 1 aromatic carbocycles. The lowest BCUT2D eigenvalue weighted by atomic mass is 10.1. The lowest BCUT2D eigenvalue weighted by Crippen LogP contribution is -2.36. The second-order valence-electron chi connectivity index (χ2n) is 4.71. The molecule has 2 aromatic rings. The number of benzene rings is 1. The molecular weight excluding hydrogens is 308 g/mol. The first-order valence-electron chi connectivity index (χ1n) is 6.97. The summed E-state index contributed by atoms with van der Waals surface area (Å²) >= 11 is 1.56. The number of halogens is 2. The summed E-state index contributed by atoms with van der Waals surface area (Å²) in [4.78, 5) is 17.0. The molecule has 0 saturated heterocycles. The van der Waals surface area contributed by atoms with E-state index in [4.69, 9.17) is 0 Å². The molecule has 0 unspecified atom stereocenters. The fraction of sp³-hybridized carbons (Fsp3) is 0.333. The van der Waals surface area contributed by atoms with Crippen LogP contribution in [-0.4, -0.2) is 17.6 Å². The smallest absolute Gasteiger partial charge is 0.315 e. The van der Waals surface area contributed by atoms with Gasteiger partial charge in [-0.1, -0.05) is 6.92 Å². The van der Waals surface area contributed by atoms with E-state index in [9.17, 15) is 13.6 Å². The van der Waals surface area contributed by atoms with Gasteiger partial charge in [0.2, 0.25) is 0 Å². The third-order valence-corrected chi connectivity index (χ3v) is 4.11. The molecule has 1 heterocycles. The van der Waals surface area contributed by atoms with Crippen molar-refractivity contribution < 1.29 is 13.6 Å². The maximum Gasteiger partial charge on any atom is 0.315 e. The van der Waals surface area contributed by atoms with Crippen LogP contribution in [0.5, 0.6) is 0 Å². The van der Waals surface area contributed by atoms with E-state index in [-0.39, 0.29) is 6.03 Å². The Bertz CT molecular complexity index is 625. The molecule has 0 aliphatic rings. The molecule has 0 fully saturated rings. The molecule has 118 valence electrons. The first kappa shape index (κ1) is 16.4. The molecule has 2 N–H and O–H groups in total. The SMILES string of the molecule is CCc1cnc(CNC(=O)NCCc2cc(F)cc(F)c2)s1. The van der Waals surface area contributed by atoms with Crippen molar-refractivity contribution in [3.8, 4) is 0 Å². The van der Waals surface area contributed by atoms with Crippen LogP contribution in [0, 0.1) is 11.6 Å². The summed E-state index contributed by atoms with van der Waals surface area (Å²) in [6.45, 7) is 2.71. The number of rotatable bonds is 6. The summed E-state index contributed by atoms with van der Waals surface area (Å²) in [5.74, 6) is -1.23. The van der Waals surface area contributed by atoms with Crippen molar-refractivity contribution in [1.82, 2.24) is 15.6 Å². The number of nitrogens with zero attached hydrogens (tertiary/aromatic N) is 1. The fourth-order valence-corrected chi connectivity index (χ4v) is 2.69. The molecule has 1 aromatic heterocycles. The van der Waals surface area contributed by atoms with Crippen LogP contribution in [0.2, 0.25) is 0 Å². The van der Waals surface area contributed by atoms with E-state index in [1.807, 2.05) is 6.92 Å². The standard InChI is InChI=1S/C15H17F2N3OS/c1-2-13-8-19-14(22-13)9-20-15(21)18-4-3-10-5-11(16)7-12(17)6-10/h5-8H,2-4,9H2,1H3,(H2,18,20,21). The van der Waals surface area contributed by atoms with Crippen LogP contribution >= 0.6 is 11.3 Å². The van der Waals surface area contributed by atoms with Crippen LogP contribution in [0.4, 0.5) is 13.6 Å². The molecule has 0 atom stereocenters. The van der Waals surface area contributed by atoms with Crippen molar-refractivity contribution in [2.24, 2.45) is 0 Å². The molecule has 22 heavy (non-hydrogen) atoms. The highest BCUT2D eigenvalue weighted by atomic mass is 32.1. The van der Waals surface area contributed by atoms with Gasteiger partial charge in [0.25, 0.3) is 0 Å². The van der Waals surface area contributed by atoms with Gasteiger partial charge in [-0.25, -0.2) is 18.6 Å². The van der Waals surface area contributed by atoms with Gasteiger partial charge in [-0.2, -0.15) is 0 Å². The van der Waals surface area contributed by atoms with Crippen LogP contribution in [0.25, 0.3) is 0 Å². The van der Waals surface area contributed by atoms with Crippen LogP contribution < -0.4 is 10.6 Å². The van der Waals surface area contributed by atoms with Crippen molar-refractivity contribution >= 4 is 17.4 Å². The Morgan fingerprint density at radius 1 is 1.23 bits per heavy atom. The van der Waals surface area contributed by atoms with E-state index in [0.717, 1.165) is 17.5 Å². The predicted molar refractivity (Wildman–Crippen MR) is 81.8 cm³/mol. The van der Waals surface area contributed by atoms with Gasteiger partial charge in [-0.3, -0.25) is 0 Å². The number of carbonyl (C=O) groups excluding carboxylic acids is 1. The number of amides is 2. The van der Waals surface area contributed by atoms with Crippen molar-refractivity contribution in [3.63, 3.8) is 0 Å². The number of hydrogen-bond donors (Lipinski definition) is 2. The van der Waals surface area contributed by atoms with Gasteiger partial charge in [-0.05, 0) is 30.5 Å². The average Bonchev–Trinajstić information content (AvgIpc) is 2.92. The van der Waals surface area contributed by atoms with Gasteiger partial charge in [-0.15, -0.1) is 11.3 Å². The number of nitrogens with one attached hydrogen (secondary N) is 2. The number of urea groups is 1. The number of aromatic nitrogens is 1. The van der Waals surface area contributed by atoms with Gasteiger partial charge >= 0.3 is 6.03 Å². The molecule has 0 aliphatic carbocycles. The Balaban J connectivity index is 1.71. The Hall–Kier alpha value is -2.02. The van der Waals surface area contributed by atoms with Gasteiger partial charge in [0, 0.05) is 23.7 Å². The number of thiazole rings is 1. The summed E-state index contributed by atoms with van der Waals surface area (Å²) in [5, 5.41) is 6.18. The zero-order valence-electron chi connectivity index (χ0n) is 12.2. The minimum atomic E-state index is -0.616. The first-order chi connectivity index (χ1) is 10.6. The van der Waals surface area contributed by atoms with E-state index >= 15 is 0 Å². The lowest BCUT2D eigenvalue weighted by Gasteiger charge is -2.06. The number of hydrogen-bond acceptors (Lipinski definition) is 3. The monoisotopic (exact) mass is 325 g/mol. The molecular formula is C15H17F2N3OS. The zero-order valence-corrected chi connectivity index (χ0v) is 13.0. The Kier molecular flexibility index (Phi) is 5.83. The third-order valence-electron chi connectivity index (χ3n) is 2.97. The van der Waals surface area contributed by atoms with E-state index in [2.05, 4.69) is 15.6 Å². The number of carbonyl (C=O) groups is 1. The normalized spacial score (nSPS) is 10.5. The largest absolute Gasteiger partial charge is 0.338 e. The molecule has 2 rings (SSSR count). The fourth-order valence-electron chi connectivity index (χ4n) is 1.89. The Labute approximate surface area is 131 Å². The highest BCUT2D eigenvalue weighted by molar-refractivity contribution is 7.11. The maximum atomic E-state index is 13.0. The minimum Gasteiger partial charge on any atom is -0.338 e. The van der Waals surface area contributed by atoms with E-state index in [1.165, 1.54) is 17.0 Å². The van der Waals surface area contributed by atoms with Crippen molar-refractivity contribution in [3.05, 3.63) is 51.5 Å². The quantitative estimate of drug-likeness (QED) is 0.858. The molecule has 0 saturated carbocycles. The van der Waals surface area contributed by atoms with Gasteiger partial charge in [0.05, 0.1) is 6.54 Å². The van der Waals surface area contributed by atoms with Crippen LogP contribution in [0.3, 0.4) is 0 Å². The van der Waals surface area contributed by atoms with Gasteiger partial charge in [0.1, 0.15) is 16.6 Å². The maximum absolute atomic E-state index is 13.0. The molecule has 7 heteroatoms. The summed E-state index contributed by atoms with van der Waals surface area (Å²) in [6, 6.07) is 3.00. The van der Waals surface area contributed by atoms with Crippen LogP contribution in [0.1, 0.15) is 22.4 Å². The molecule has 0 bridgehead atoms. The number of aryl methyl sites for hydroxylation is 1. The minimum absolute atomic E-state index is 0.298. The molecule has 0 radical (unpaired) electrons. The second kappa shape index (κ2) is 7.84. The summed E-state index contributed by atoms with van der Waals surface area (Å²) < 4.78 is 26.0. The summed E-state index contributed by atoms with van der Waals surface area (Å²) in [5.41, 5.74) is 0.505. The summed E-state index contributed by atoms with van der Waals surface area (Å²) in [7, 11) is 0. The topological polar surface area (TPSA) is 54.0 Å². The van der Waals surface area contributed by atoms with Crippen molar-refractivity contribution in [2.45, 2.75) is 26.3 Å². The summed E-state index contributed by atoms with van der Waals surface area (Å²) in [6.07, 6.45) is 3.09. The zero-order chi connectivity index (χ0) is 15.9. The Morgan fingerprint density at radius 2 is 1.95 bits per heavy atom. The average molecular weight is 325 g/mol. The van der Waals surface area contributed by atoms with E-state index in [0.29, 0.717) is 25.1 Å². The van der Waals surface area contributed by atoms with Gasteiger partial charge < -0.3 is 10.6 Å². The van der Waals surface area contributed by atoms with Crippen molar-refractivity contribution in [2.75, 3.05) is 6.54 Å². The molecule has 0 aliphatic heterocycles. The first-order valence-corrected chi connectivity index (χ1v) is 7.78. The second-order valence-corrected chi connectivity index (χ2v) is 5.91. The van der Waals surface area contributed by atoms with Crippen molar-refractivity contribution in [1.29, 1.82) is 0 Å². The molecule has 4 nitrogen and oxygen atoms in total. The third kappa shape index (κ3) is 5.07. The van der Waals surface area contributed by atoms with Crippen LogP contribution in [0.15, 0.2) is 24.4 Å².